The first-order valence-electron chi connectivity index (χ1n) is 13.2. The number of methoxy groups -OCH3 is 1. The van der Waals surface area contributed by atoms with Crippen molar-refractivity contribution in [3.8, 4) is 5.75 Å². The molecule has 0 aliphatic carbocycles. The zero-order valence-corrected chi connectivity index (χ0v) is 23.3. The van der Waals surface area contributed by atoms with Crippen LogP contribution in [0.15, 0.2) is 40.6 Å². The maximum Gasteiger partial charge on any atom is 0.252 e. The van der Waals surface area contributed by atoms with Gasteiger partial charge in [-0.05, 0) is 62.6 Å². The molecule has 1 saturated heterocycles. The molecule has 0 spiro atoms. The molecular weight excluding hydrogens is 494 g/mol. The highest BCUT2D eigenvalue weighted by atomic mass is 32.2. The minimum atomic E-state index is -3.53. The number of hydrogen-bond acceptors (Lipinski definition) is 6. The molecule has 1 aromatic carbocycles. The summed E-state index contributed by atoms with van der Waals surface area (Å²) in [4.78, 5) is 13.3. The average molecular weight is 536 g/mol. The van der Waals surface area contributed by atoms with E-state index in [2.05, 4.69) is 17.6 Å². The van der Waals surface area contributed by atoms with E-state index >= 15 is 0 Å². The predicted molar refractivity (Wildman–Crippen MR) is 146 cm³/mol. The lowest BCUT2D eigenvalue weighted by atomic mass is 10.1. The molecule has 36 heavy (non-hydrogen) atoms. The molecule has 0 saturated carbocycles. The number of nitrogens with one attached hydrogen (secondary N) is 2. The number of benzene rings is 1. The predicted octanol–water partition coefficient (Wildman–Crippen LogP) is 5.18. The van der Waals surface area contributed by atoms with Crippen LogP contribution in [0.3, 0.4) is 0 Å². The maximum absolute atomic E-state index is 13.3. The van der Waals surface area contributed by atoms with Crippen LogP contribution in [-0.2, 0) is 16.6 Å². The van der Waals surface area contributed by atoms with Crippen LogP contribution < -0.4 is 15.4 Å². The first-order valence-corrected chi connectivity index (χ1v) is 15.4. The molecular formula is C27H41N3O4S2. The molecule has 9 heteroatoms. The molecule has 3 rings (SSSR count). The van der Waals surface area contributed by atoms with Crippen molar-refractivity contribution >= 4 is 27.3 Å². The number of amides is 1. The summed E-state index contributed by atoms with van der Waals surface area (Å²) in [6, 6.07) is 10.8. The smallest absolute Gasteiger partial charge is 0.252 e. The van der Waals surface area contributed by atoms with Crippen LogP contribution in [0.5, 0.6) is 5.75 Å². The van der Waals surface area contributed by atoms with E-state index < -0.39 is 10.0 Å². The van der Waals surface area contributed by atoms with E-state index in [1.807, 2.05) is 0 Å². The number of hydrogen-bond donors (Lipinski definition) is 2. The zero-order valence-electron chi connectivity index (χ0n) is 21.6. The Labute approximate surface area is 220 Å². The van der Waals surface area contributed by atoms with Crippen molar-refractivity contribution in [2.24, 2.45) is 0 Å². The van der Waals surface area contributed by atoms with Gasteiger partial charge in [-0.1, -0.05) is 45.1 Å². The van der Waals surface area contributed by atoms with Crippen molar-refractivity contribution in [1.82, 2.24) is 14.9 Å². The zero-order chi connectivity index (χ0) is 25.8. The number of carbonyl (C=O) groups is 1. The third kappa shape index (κ3) is 8.57. The first-order chi connectivity index (χ1) is 17.4. The summed E-state index contributed by atoms with van der Waals surface area (Å²) in [5, 5.41) is 6.51. The molecule has 1 aromatic heterocycles. The second-order valence-electron chi connectivity index (χ2n) is 9.39. The molecule has 1 atom stereocenters. The van der Waals surface area contributed by atoms with Crippen molar-refractivity contribution in [3.05, 3.63) is 46.8 Å². The Kier molecular flexibility index (Phi) is 11.7. The van der Waals surface area contributed by atoms with Crippen LogP contribution in [0.25, 0.3) is 0 Å². The van der Waals surface area contributed by atoms with E-state index in [1.165, 1.54) is 49.9 Å². The van der Waals surface area contributed by atoms with E-state index in [1.54, 1.807) is 47.8 Å². The van der Waals surface area contributed by atoms with Gasteiger partial charge in [-0.25, -0.2) is 8.42 Å². The van der Waals surface area contributed by atoms with Crippen molar-refractivity contribution in [1.29, 1.82) is 0 Å². The van der Waals surface area contributed by atoms with Gasteiger partial charge in [-0.3, -0.25) is 4.79 Å². The highest BCUT2D eigenvalue weighted by Crippen LogP contribution is 2.27. The second kappa shape index (κ2) is 14.7. The van der Waals surface area contributed by atoms with Crippen LogP contribution in [0, 0.1) is 0 Å². The van der Waals surface area contributed by atoms with Crippen molar-refractivity contribution in [3.63, 3.8) is 0 Å². The Bertz CT molecular complexity index is 1050. The topological polar surface area (TPSA) is 87.7 Å². The lowest BCUT2D eigenvalue weighted by molar-refractivity contribution is 0.0951. The number of rotatable bonds is 14. The van der Waals surface area contributed by atoms with Crippen LogP contribution in [0.2, 0.25) is 0 Å². The minimum Gasteiger partial charge on any atom is -0.497 e. The van der Waals surface area contributed by atoms with Gasteiger partial charge >= 0.3 is 0 Å². The Morgan fingerprint density at radius 1 is 1.08 bits per heavy atom. The van der Waals surface area contributed by atoms with Crippen LogP contribution in [-0.4, -0.2) is 51.4 Å². The van der Waals surface area contributed by atoms with Gasteiger partial charge in [0.2, 0.25) is 0 Å². The fourth-order valence-corrected chi connectivity index (χ4v) is 7.42. The highest BCUT2D eigenvalue weighted by molar-refractivity contribution is 7.91. The van der Waals surface area contributed by atoms with E-state index in [9.17, 15) is 13.2 Å². The van der Waals surface area contributed by atoms with E-state index in [-0.39, 0.29) is 12.5 Å². The van der Waals surface area contributed by atoms with Gasteiger partial charge in [0.25, 0.3) is 15.9 Å². The van der Waals surface area contributed by atoms with Crippen LogP contribution in [0.1, 0.15) is 79.9 Å². The standard InChI is InChI=1S/C27H41N3O4S2/c1-3-4-5-6-7-8-17-28-23-12-10-18-30(19-16-23)36(32,33)26-15-14-25(35-26)21-29-27(31)22-11-9-13-24(20-22)34-2/h9,11,13-15,20,23,28H,3-8,10,12,16-19,21H2,1-2H3,(H,29,31). The Hall–Kier alpha value is -1.94. The van der Waals surface area contributed by atoms with Crippen molar-refractivity contribution in [2.75, 3.05) is 26.7 Å². The molecule has 0 radical (unpaired) electrons. The van der Waals surface area contributed by atoms with E-state index in [0.29, 0.717) is 34.7 Å². The first kappa shape index (κ1) is 28.6. The normalized spacial score (nSPS) is 17.0. The van der Waals surface area contributed by atoms with Gasteiger partial charge < -0.3 is 15.4 Å². The van der Waals surface area contributed by atoms with E-state index in [0.717, 1.165) is 30.7 Å². The Morgan fingerprint density at radius 3 is 2.69 bits per heavy atom. The number of sulfonamides is 1. The molecule has 1 aliphatic heterocycles. The molecule has 2 heterocycles. The summed E-state index contributed by atoms with van der Waals surface area (Å²) in [5.74, 6) is 0.392. The molecule has 200 valence electrons. The molecule has 1 unspecified atom stereocenters. The lowest BCUT2D eigenvalue weighted by Crippen LogP contribution is -2.34. The number of ether oxygens (including phenoxy) is 1. The average Bonchev–Trinajstić information content (AvgIpc) is 3.25. The molecule has 0 bridgehead atoms. The largest absolute Gasteiger partial charge is 0.497 e. The molecule has 2 N–H and O–H groups in total. The van der Waals surface area contributed by atoms with Gasteiger partial charge in [-0.15, -0.1) is 11.3 Å². The summed E-state index contributed by atoms with van der Waals surface area (Å²) < 4.78 is 33.7. The SMILES string of the molecule is CCCCCCCCNC1CCCN(S(=O)(=O)c2ccc(CNC(=O)c3cccc(OC)c3)s2)CC1. The maximum atomic E-state index is 13.3. The van der Waals surface area contributed by atoms with Gasteiger partial charge in [0.15, 0.2) is 0 Å². The fraction of sp³-hybridized carbons (Fsp3) is 0.593. The van der Waals surface area contributed by atoms with Crippen molar-refractivity contribution in [2.45, 2.75) is 81.5 Å². The summed E-state index contributed by atoms with van der Waals surface area (Å²) in [6.45, 7) is 4.62. The number of carbonyl (C=O) groups excluding carboxylic acids is 1. The summed E-state index contributed by atoms with van der Waals surface area (Å²) in [7, 11) is -1.97. The summed E-state index contributed by atoms with van der Waals surface area (Å²) in [6.07, 6.45) is 10.4. The lowest BCUT2D eigenvalue weighted by Gasteiger charge is -2.19. The van der Waals surface area contributed by atoms with Gasteiger partial charge in [-0.2, -0.15) is 4.31 Å². The minimum absolute atomic E-state index is 0.223. The monoisotopic (exact) mass is 535 g/mol. The van der Waals surface area contributed by atoms with Crippen molar-refractivity contribution < 1.29 is 17.9 Å². The fourth-order valence-electron chi connectivity index (χ4n) is 4.48. The van der Waals surface area contributed by atoms with Gasteiger partial charge in [0.1, 0.15) is 9.96 Å². The summed E-state index contributed by atoms with van der Waals surface area (Å²) in [5.41, 5.74) is 0.503. The second-order valence-corrected chi connectivity index (χ2v) is 12.7. The molecule has 1 fully saturated rings. The van der Waals surface area contributed by atoms with Gasteiger partial charge in [0.05, 0.1) is 13.7 Å². The Balaban J connectivity index is 1.46. The van der Waals surface area contributed by atoms with Gasteiger partial charge in [0, 0.05) is 29.6 Å². The molecule has 2 aromatic rings. The molecule has 7 nitrogen and oxygen atoms in total. The molecule has 1 amide bonds. The van der Waals surface area contributed by atoms with Crippen LogP contribution >= 0.6 is 11.3 Å². The quantitative estimate of drug-likeness (QED) is 0.326. The summed E-state index contributed by atoms with van der Waals surface area (Å²) >= 11 is 1.23. The number of nitrogens with zero attached hydrogens (tertiary/aromatic N) is 1. The van der Waals surface area contributed by atoms with E-state index in [4.69, 9.17) is 4.74 Å². The highest BCUT2D eigenvalue weighted by Gasteiger charge is 2.28. The third-order valence-corrected chi connectivity index (χ3v) is 10.1. The van der Waals surface area contributed by atoms with Crippen LogP contribution in [0.4, 0.5) is 0 Å². The number of unbranched alkanes of at least 4 members (excludes halogenated alkanes) is 5. The molecule has 1 aliphatic rings. The third-order valence-electron chi connectivity index (χ3n) is 6.64. The number of thiophene rings is 1. The Morgan fingerprint density at radius 2 is 1.89 bits per heavy atom.